The molecule has 4 nitrogen and oxygen atoms in total. The first-order valence-electron chi connectivity index (χ1n) is 5.84. The number of carbonyl (C=O) groups is 2. The van der Waals surface area contributed by atoms with E-state index in [4.69, 9.17) is 0 Å². The lowest BCUT2D eigenvalue weighted by Gasteiger charge is -2.32. The highest BCUT2D eigenvalue weighted by Crippen LogP contribution is 2.19. The molecule has 1 N–H and O–H groups in total. The summed E-state index contributed by atoms with van der Waals surface area (Å²) in [6.07, 6.45) is 4.67. The van der Waals surface area contributed by atoms with Crippen LogP contribution in [-0.4, -0.2) is 35.8 Å². The summed E-state index contributed by atoms with van der Waals surface area (Å²) >= 11 is 0. The topological polar surface area (TPSA) is 49.4 Å². The maximum atomic E-state index is 11.8. The number of hydrogen-bond acceptors (Lipinski definition) is 3. The molecule has 15 heavy (non-hydrogen) atoms. The molecule has 0 unspecified atom stereocenters. The van der Waals surface area contributed by atoms with Crippen molar-refractivity contribution < 1.29 is 9.59 Å². The average molecular weight is 210 g/mol. The summed E-state index contributed by atoms with van der Waals surface area (Å²) in [5, 5.41) is 3.25. The molecular formula is C11H18N2O2. The molecule has 2 aliphatic heterocycles. The molecule has 0 aromatic heterocycles. The minimum absolute atomic E-state index is 0.0457. The number of likely N-dealkylation sites (tertiary alicyclic amines) is 1. The van der Waals surface area contributed by atoms with Crippen LogP contribution in [0.2, 0.25) is 0 Å². The maximum Gasteiger partial charge on any atom is 0.229 e. The van der Waals surface area contributed by atoms with Crippen molar-refractivity contribution in [2.45, 2.75) is 44.6 Å². The molecule has 0 aromatic rings. The van der Waals surface area contributed by atoms with Crippen molar-refractivity contribution in [1.29, 1.82) is 0 Å². The Balaban J connectivity index is 2.07. The van der Waals surface area contributed by atoms with E-state index in [1.807, 2.05) is 0 Å². The summed E-state index contributed by atoms with van der Waals surface area (Å²) in [5.74, 6) is 0.0915. The number of carbonyl (C=O) groups excluding carboxylic acids is 2. The van der Waals surface area contributed by atoms with Gasteiger partial charge in [0.2, 0.25) is 11.8 Å². The van der Waals surface area contributed by atoms with E-state index in [1.54, 1.807) is 4.90 Å². The molecule has 2 amide bonds. The van der Waals surface area contributed by atoms with Gasteiger partial charge in [0, 0.05) is 18.9 Å². The molecule has 0 aliphatic carbocycles. The van der Waals surface area contributed by atoms with Crippen LogP contribution < -0.4 is 5.32 Å². The van der Waals surface area contributed by atoms with Crippen molar-refractivity contribution >= 4 is 11.8 Å². The van der Waals surface area contributed by atoms with Gasteiger partial charge >= 0.3 is 0 Å². The standard InChI is InChI=1S/C11H18N2O2/c14-10-3-1-2-4-11(15)13(10)9-5-7-12-8-6-9/h9,12H,1-8H2. The number of hydrogen-bond donors (Lipinski definition) is 1. The number of piperidine rings is 1. The van der Waals surface area contributed by atoms with Gasteiger partial charge in [-0.15, -0.1) is 0 Å². The largest absolute Gasteiger partial charge is 0.317 e. The first kappa shape index (κ1) is 10.6. The van der Waals surface area contributed by atoms with E-state index in [-0.39, 0.29) is 17.9 Å². The summed E-state index contributed by atoms with van der Waals surface area (Å²) in [7, 11) is 0. The Labute approximate surface area is 90.0 Å². The molecule has 84 valence electrons. The number of imide groups is 1. The van der Waals surface area contributed by atoms with E-state index in [9.17, 15) is 9.59 Å². The molecule has 0 aromatic carbocycles. The predicted molar refractivity (Wildman–Crippen MR) is 56.2 cm³/mol. The maximum absolute atomic E-state index is 11.8. The third kappa shape index (κ3) is 2.37. The van der Waals surface area contributed by atoms with Gasteiger partial charge in [0.1, 0.15) is 0 Å². The molecule has 2 aliphatic rings. The van der Waals surface area contributed by atoms with Crippen molar-refractivity contribution in [2.75, 3.05) is 13.1 Å². The van der Waals surface area contributed by atoms with Crippen LogP contribution in [0.3, 0.4) is 0 Å². The van der Waals surface area contributed by atoms with Crippen molar-refractivity contribution in [3.63, 3.8) is 0 Å². The Morgan fingerprint density at radius 1 is 1.00 bits per heavy atom. The SMILES string of the molecule is O=C1CCCCC(=O)N1C1CCNCC1. The molecule has 0 atom stereocenters. The van der Waals surface area contributed by atoms with Gasteiger partial charge in [-0.3, -0.25) is 14.5 Å². The molecule has 0 bridgehead atoms. The third-order valence-corrected chi connectivity index (χ3v) is 3.24. The lowest BCUT2D eigenvalue weighted by molar-refractivity contribution is -0.147. The van der Waals surface area contributed by atoms with Gasteiger partial charge in [-0.25, -0.2) is 0 Å². The van der Waals surface area contributed by atoms with E-state index in [2.05, 4.69) is 5.32 Å². The van der Waals surface area contributed by atoms with Crippen molar-refractivity contribution in [1.82, 2.24) is 10.2 Å². The second kappa shape index (κ2) is 4.75. The first-order valence-corrected chi connectivity index (χ1v) is 5.84. The van der Waals surface area contributed by atoms with Crippen LogP contribution in [0.5, 0.6) is 0 Å². The predicted octanol–water partition coefficient (Wildman–Crippen LogP) is 0.668. The van der Waals surface area contributed by atoms with Crippen LogP contribution in [0.25, 0.3) is 0 Å². The fourth-order valence-corrected chi connectivity index (χ4v) is 2.40. The second-order valence-corrected chi connectivity index (χ2v) is 4.35. The van der Waals surface area contributed by atoms with E-state index in [0.717, 1.165) is 38.8 Å². The molecule has 2 fully saturated rings. The Morgan fingerprint density at radius 3 is 2.07 bits per heavy atom. The molecule has 2 heterocycles. The van der Waals surface area contributed by atoms with Crippen LogP contribution in [0.4, 0.5) is 0 Å². The number of amides is 2. The van der Waals surface area contributed by atoms with Crippen LogP contribution >= 0.6 is 0 Å². The number of rotatable bonds is 1. The smallest absolute Gasteiger partial charge is 0.229 e. The van der Waals surface area contributed by atoms with Gasteiger partial charge in [0.05, 0.1) is 0 Å². The number of nitrogens with one attached hydrogen (secondary N) is 1. The molecule has 0 spiro atoms. The lowest BCUT2D eigenvalue weighted by Crippen LogP contribution is -2.48. The summed E-state index contributed by atoms with van der Waals surface area (Å²) in [6.45, 7) is 1.84. The van der Waals surface area contributed by atoms with Gasteiger partial charge in [-0.1, -0.05) is 0 Å². The Kier molecular flexibility index (Phi) is 3.36. The van der Waals surface area contributed by atoms with Gasteiger partial charge in [-0.2, -0.15) is 0 Å². The number of nitrogens with zero attached hydrogens (tertiary/aromatic N) is 1. The van der Waals surface area contributed by atoms with E-state index < -0.39 is 0 Å². The summed E-state index contributed by atoms with van der Waals surface area (Å²) in [5.41, 5.74) is 0. The highest BCUT2D eigenvalue weighted by atomic mass is 16.2. The molecule has 2 saturated heterocycles. The normalized spacial score (nSPS) is 25.5. The minimum Gasteiger partial charge on any atom is -0.317 e. The van der Waals surface area contributed by atoms with Crippen LogP contribution in [0.15, 0.2) is 0 Å². The third-order valence-electron chi connectivity index (χ3n) is 3.24. The lowest BCUT2D eigenvalue weighted by atomic mass is 10.0. The second-order valence-electron chi connectivity index (χ2n) is 4.35. The fourth-order valence-electron chi connectivity index (χ4n) is 2.40. The average Bonchev–Trinajstić information content (AvgIpc) is 2.41. The first-order chi connectivity index (χ1) is 7.29. The molecular weight excluding hydrogens is 192 g/mol. The van der Waals surface area contributed by atoms with E-state index >= 15 is 0 Å². The summed E-state index contributed by atoms with van der Waals surface area (Å²) in [6, 6.07) is 0.157. The Bertz CT molecular complexity index is 241. The van der Waals surface area contributed by atoms with E-state index in [0.29, 0.717) is 12.8 Å². The van der Waals surface area contributed by atoms with Crippen LogP contribution in [0.1, 0.15) is 38.5 Å². The van der Waals surface area contributed by atoms with Gasteiger partial charge < -0.3 is 5.32 Å². The van der Waals surface area contributed by atoms with Crippen LogP contribution in [-0.2, 0) is 9.59 Å². The fraction of sp³-hybridized carbons (Fsp3) is 0.818. The zero-order chi connectivity index (χ0) is 10.7. The molecule has 4 heteroatoms. The molecule has 0 radical (unpaired) electrons. The highest BCUT2D eigenvalue weighted by molar-refractivity contribution is 5.96. The summed E-state index contributed by atoms with van der Waals surface area (Å²) in [4.78, 5) is 25.2. The minimum atomic E-state index is 0.0457. The van der Waals surface area contributed by atoms with Crippen molar-refractivity contribution in [2.24, 2.45) is 0 Å². The quantitative estimate of drug-likeness (QED) is 0.647. The van der Waals surface area contributed by atoms with Crippen LogP contribution in [0, 0.1) is 0 Å². The Hall–Kier alpha value is -0.900. The Morgan fingerprint density at radius 2 is 1.53 bits per heavy atom. The van der Waals surface area contributed by atoms with Gasteiger partial charge in [0.15, 0.2) is 0 Å². The van der Waals surface area contributed by atoms with Gasteiger partial charge in [0.25, 0.3) is 0 Å². The molecule has 0 saturated carbocycles. The zero-order valence-corrected chi connectivity index (χ0v) is 9.00. The van der Waals surface area contributed by atoms with Gasteiger partial charge in [-0.05, 0) is 38.8 Å². The monoisotopic (exact) mass is 210 g/mol. The summed E-state index contributed by atoms with van der Waals surface area (Å²) < 4.78 is 0. The van der Waals surface area contributed by atoms with Crippen molar-refractivity contribution in [3.05, 3.63) is 0 Å². The zero-order valence-electron chi connectivity index (χ0n) is 9.00. The highest BCUT2D eigenvalue weighted by Gasteiger charge is 2.31. The van der Waals surface area contributed by atoms with E-state index in [1.165, 1.54) is 0 Å². The van der Waals surface area contributed by atoms with Crippen molar-refractivity contribution in [3.8, 4) is 0 Å². The molecule has 2 rings (SSSR count).